The molecule has 1 N–H and O–H groups in total. The normalized spacial score (nSPS) is 10.8. The molecule has 31 heavy (non-hydrogen) atoms. The molecule has 1 amide bonds. The number of carbonyl (C=O) groups is 1. The molecule has 4 rings (SSSR count). The Morgan fingerprint density at radius 2 is 1.74 bits per heavy atom. The van der Waals surface area contributed by atoms with E-state index >= 15 is 0 Å². The topological polar surface area (TPSA) is 90.0 Å². The molecule has 0 saturated heterocycles. The minimum absolute atomic E-state index is 0.120. The molecule has 0 bridgehead atoms. The van der Waals surface area contributed by atoms with Crippen molar-refractivity contribution in [2.45, 2.75) is 27.3 Å². The molecular formula is C24H22N4O3. The molecule has 0 unspecified atom stereocenters. The Kier molecular flexibility index (Phi) is 5.49. The Balaban J connectivity index is 1.64. The number of aryl methyl sites for hydroxylation is 3. The Labute approximate surface area is 179 Å². The average molecular weight is 414 g/mol. The first kappa shape index (κ1) is 20.3. The summed E-state index contributed by atoms with van der Waals surface area (Å²) in [5, 5.41) is 6.83. The Hall–Kier alpha value is -4.00. The summed E-state index contributed by atoms with van der Waals surface area (Å²) >= 11 is 0. The van der Waals surface area contributed by atoms with Crippen LogP contribution in [0.2, 0.25) is 0 Å². The minimum Gasteiger partial charge on any atom is -0.333 e. The van der Waals surface area contributed by atoms with Gasteiger partial charge in [-0.15, -0.1) is 0 Å². The predicted molar refractivity (Wildman–Crippen MR) is 119 cm³/mol. The quantitative estimate of drug-likeness (QED) is 0.530. The number of pyridine rings is 1. The van der Waals surface area contributed by atoms with Gasteiger partial charge in [-0.3, -0.25) is 9.59 Å². The number of hydrogen-bond acceptors (Lipinski definition) is 5. The maximum Gasteiger partial charge on any atom is 0.264 e. The van der Waals surface area contributed by atoms with E-state index in [4.69, 9.17) is 4.52 Å². The molecule has 7 nitrogen and oxygen atoms in total. The van der Waals surface area contributed by atoms with Crippen LogP contribution < -0.4 is 10.9 Å². The first-order valence-corrected chi connectivity index (χ1v) is 9.89. The van der Waals surface area contributed by atoms with Gasteiger partial charge in [0, 0.05) is 16.9 Å². The zero-order valence-corrected chi connectivity index (χ0v) is 17.5. The van der Waals surface area contributed by atoms with Crippen molar-refractivity contribution >= 4 is 11.6 Å². The molecule has 156 valence electrons. The van der Waals surface area contributed by atoms with E-state index in [1.807, 2.05) is 74.5 Å². The summed E-state index contributed by atoms with van der Waals surface area (Å²) in [5.74, 6) is 0.243. The van der Waals surface area contributed by atoms with Crippen molar-refractivity contribution in [2.75, 3.05) is 5.32 Å². The van der Waals surface area contributed by atoms with Gasteiger partial charge in [-0.1, -0.05) is 53.2 Å². The van der Waals surface area contributed by atoms with Gasteiger partial charge in [-0.25, -0.2) is 0 Å². The van der Waals surface area contributed by atoms with E-state index < -0.39 is 0 Å². The van der Waals surface area contributed by atoms with Crippen LogP contribution in [0.1, 0.15) is 16.8 Å². The lowest BCUT2D eigenvalue weighted by molar-refractivity contribution is -0.116. The molecule has 0 atom stereocenters. The first-order valence-electron chi connectivity index (χ1n) is 9.89. The van der Waals surface area contributed by atoms with Crippen LogP contribution in [0.4, 0.5) is 5.69 Å². The van der Waals surface area contributed by atoms with E-state index in [0.717, 1.165) is 11.1 Å². The van der Waals surface area contributed by atoms with Crippen molar-refractivity contribution < 1.29 is 9.32 Å². The highest BCUT2D eigenvalue weighted by Crippen LogP contribution is 2.23. The largest absolute Gasteiger partial charge is 0.333 e. The molecule has 4 aromatic rings. The number of anilines is 1. The second-order valence-corrected chi connectivity index (χ2v) is 7.44. The smallest absolute Gasteiger partial charge is 0.264 e. The van der Waals surface area contributed by atoms with Gasteiger partial charge in [0.15, 0.2) is 0 Å². The summed E-state index contributed by atoms with van der Waals surface area (Å²) < 4.78 is 6.81. The highest BCUT2D eigenvalue weighted by molar-refractivity contribution is 5.90. The van der Waals surface area contributed by atoms with E-state index in [1.54, 1.807) is 6.92 Å². The standard InChI is InChI=1S/C24H22N4O3/c1-15-9-11-19(12-10-15)25-20(29)14-28-17(3)13-16(2)21(24(28)30)23-26-22(27-31-23)18-7-5-4-6-8-18/h4-13H,14H2,1-3H3,(H,25,29). The molecule has 0 saturated carbocycles. The molecule has 7 heteroatoms. The fraction of sp³-hybridized carbons (Fsp3) is 0.167. The van der Waals surface area contributed by atoms with E-state index in [9.17, 15) is 9.59 Å². The molecule has 2 aromatic carbocycles. The van der Waals surface area contributed by atoms with Crippen molar-refractivity contribution in [3.05, 3.63) is 87.8 Å². The molecule has 2 heterocycles. The van der Waals surface area contributed by atoms with Gasteiger partial charge >= 0.3 is 0 Å². The summed E-state index contributed by atoms with van der Waals surface area (Å²) in [5.41, 5.74) is 3.90. The summed E-state index contributed by atoms with van der Waals surface area (Å²) in [7, 11) is 0. The first-order chi connectivity index (χ1) is 14.9. The number of benzene rings is 2. The fourth-order valence-corrected chi connectivity index (χ4v) is 3.39. The van der Waals surface area contributed by atoms with Crippen LogP contribution in [-0.4, -0.2) is 20.6 Å². The van der Waals surface area contributed by atoms with Gasteiger partial charge in [-0.2, -0.15) is 4.98 Å². The molecule has 0 aliphatic heterocycles. The van der Waals surface area contributed by atoms with Crippen molar-refractivity contribution in [3.63, 3.8) is 0 Å². The number of nitrogens with zero attached hydrogens (tertiary/aromatic N) is 3. The number of hydrogen-bond donors (Lipinski definition) is 1. The number of carbonyl (C=O) groups excluding carboxylic acids is 1. The van der Waals surface area contributed by atoms with Crippen LogP contribution >= 0.6 is 0 Å². The fourth-order valence-electron chi connectivity index (χ4n) is 3.39. The van der Waals surface area contributed by atoms with Crippen LogP contribution in [0.25, 0.3) is 22.8 Å². The van der Waals surface area contributed by atoms with E-state index in [2.05, 4.69) is 15.5 Å². The summed E-state index contributed by atoms with van der Waals surface area (Å²) in [6.07, 6.45) is 0. The molecule has 0 spiro atoms. The van der Waals surface area contributed by atoms with E-state index in [1.165, 1.54) is 4.57 Å². The number of nitrogens with one attached hydrogen (secondary N) is 1. The second-order valence-electron chi connectivity index (χ2n) is 7.44. The zero-order chi connectivity index (χ0) is 22.0. The van der Waals surface area contributed by atoms with Crippen LogP contribution in [0.5, 0.6) is 0 Å². The molecule has 0 radical (unpaired) electrons. The summed E-state index contributed by atoms with van der Waals surface area (Å²) in [6.45, 7) is 5.46. The SMILES string of the molecule is Cc1ccc(NC(=O)Cn2c(C)cc(C)c(-c3nc(-c4ccccc4)no3)c2=O)cc1. The number of aromatic nitrogens is 3. The maximum absolute atomic E-state index is 13.2. The van der Waals surface area contributed by atoms with Gasteiger partial charge in [0.1, 0.15) is 12.1 Å². The van der Waals surface area contributed by atoms with Gasteiger partial charge in [-0.05, 0) is 44.5 Å². The highest BCUT2D eigenvalue weighted by atomic mass is 16.5. The van der Waals surface area contributed by atoms with Crippen LogP contribution in [0.3, 0.4) is 0 Å². The third-order valence-electron chi connectivity index (χ3n) is 5.01. The molecular weight excluding hydrogens is 392 g/mol. The van der Waals surface area contributed by atoms with Gasteiger partial charge in [0.05, 0.1) is 0 Å². The second kappa shape index (κ2) is 8.39. The molecule has 0 fully saturated rings. The van der Waals surface area contributed by atoms with Crippen LogP contribution in [0.15, 0.2) is 70.0 Å². The van der Waals surface area contributed by atoms with Gasteiger partial charge in [0.25, 0.3) is 11.4 Å². The molecule has 0 aliphatic rings. The summed E-state index contributed by atoms with van der Waals surface area (Å²) in [6, 6.07) is 18.7. The minimum atomic E-state index is -0.347. The lowest BCUT2D eigenvalue weighted by Crippen LogP contribution is -2.30. The lowest BCUT2D eigenvalue weighted by Gasteiger charge is -2.13. The van der Waals surface area contributed by atoms with Crippen molar-refractivity contribution in [1.29, 1.82) is 0 Å². The van der Waals surface area contributed by atoms with Crippen molar-refractivity contribution in [2.24, 2.45) is 0 Å². The zero-order valence-electron chi connectivity index (χ0n) is 17.5. The van der Waals surface area contributed by atoms with Gasteiger partial charge in [0.2, 0.25) is 11.7 Å². The third kappa shape index (κ3) is 4.30. The molecule has 2 aromatic heterocycles. The average Bonchev–Trinajstić information content (AvgIpc) is 3.23. The maximum atomic E-state index is 13.2. The van der Waals surface area contributed by atoms with Crippen molar-refractivity contribution in [1.82, 2.24) is 14.7 Å². The Bertz CT molecular complexity index is 1290. The van der Waals surface area contributed by atoms with E-state index in [-0.39, 0.29) is 23.9 Å². The van der Waals surface area contributed by atoms with Crippen LogP contribution in [0, 0.1) is 20.8 Å². The summed E-state index contributed by atoms with van der Waals surface area (Å²) in [4.78, 5) is 30.2. The van der Waals surface area contributed by atoms with Crippen LogP contribution in [-0.2, 0) is 11.3 Å². The molecule has 0 aliphatic carbocycles. The monoisotopic (exact) mass is 414 g/mol. The third-order valence-corrected chi connectivity index (χ3v) is 5.01. The number of rotatable bonds is 5. The lowest BCUT2D eigenvalue weighted by atomic mass is 10.1. The number of amides is 1. The Morgan fingerprint density at radius 1 is 1.03 bits per heavy atom. The van der Waals surface area contributed by atoms with Crippen molar-refractivity contribution in [3.8, 4) is 22.8 Å². The highest BCUT2D eigenvalue weighted by Gasteiger charge is 2.20. The van der Waals surface area contributed by atoms with Gasteiger partial charge < -0.3 is 14.4 Å². The van der Waals surface area contributed by atoms with E-state index in [0.29, 0.717) is 28.3 Å². The predicted octanol–water partition coefficient (Wildman–Crippen LogP) is 4.13. The Morgan fingerprint density at radius 3 is 2.45 bits per heavy atom.